The molecule has 0 aliphatic carbocycles. The minimum Gasteiger partial charge on any atom is -0.424 e. The lowest BCUT2D eigenvalue weighted by atomic mass is 10.0. The van der Waals surface area contributed by atoms with Crippen molar-refractivity contribution in [3.63, 3.8) is 0 Å². The molecule has 0 saturated carbocycles. The molecule has 4 aromatic rings. The lowest BCUT2D eigenvalue weighted by molar-refractivity contribution is 0.577. The van der Waals surface area contributed by atoms with Crippen LogP contribution in [-0.4, -0.2) is 9.97 Å². The highest BCUT2D eigenvalue weighted by Gasteiger charge is 2.22. The minimum atomic E-state index is -0.631. The summed E-state index contributed by atoms with van der Waals surface area (Å²) in [4.78, 5) is 8.62. The number of pyridine rings is 1. The van der Waals surface area contributed by atoms with Crippen LogP contribution in [0.1, 0.15) is 22.9 Å². The van der Waals surface area contributed by atoms with Crippen LogP contribution in [0.15, 0.2) is 59.1 Å². The van der Waals surface area contributed by atoms with E-state index in [4.69, 9.17) is 27.6 Å². The van der Waals surface area contributed by atoms with Crippen molar-refractivity contribution in [2.45, 2.75) is 13.0 Å². The predicted molar refractivity (Wildman–Crippen MR) is 105 cm³/mol. The van der Waals surface area contributed by atoms with Gasteiger partial charge in [-0.3, -0.25) is 4.98 Å². The van der Waals surface area contributed by atoms with Crippen molar-refractivity contribution in [2.24, 2.45) is 0 Å². The summed E-state index contributed by atoms with van der Waals surface area (Å²) < 4.78 is 20.3. The smallest absolute Gasteiger partial charge is 0.296 e. The quantitative estimate of drug-likeness (QED) is 0.443. The van der Waals surface area contributed by atoms with Crippen LogP contribution in [0.5, 0.6) is 0 Å². The van der Waals surface area contributed by atoms with Crippen molar-refractivity contribution in [3.8, 4) is 0 Å². The lowest BCUT2D eigenvalue weighted by Gasteiger charge is -2.18. The topological polar surface area (TPSA) is 51.0 Å². The van der Waals surface area contributed by atoms with Crippen LogP contribution in [0.2, 0.25) is 10.0 Å². The average molecular weight is 402 g/mol. The number of nitrogens with one attached hydrogen (secondary N) is 1. The van der Waals surface area contributed by atoms with E-state index in [-0.39, 0.29) is 16.7 Å². The van der Waals surface area contributed by atoms with E-state index < -0.39 is 11.9 Å². The summed E-state index contributed by atoms with van der Waals surface area (Å²) >= 11 is 11.8. The lowest BCUT2D eigenvalue weighted by Crippen LogP contribution is -2.16. The number of hydrogen-bond donors (Lipinski definition) is 1. The Labute approximate surface area is 165 Å². The molecule has 0 aliphatic rings. The Morgan fingerprint density at radius 1 is 1.04 bits per heavy atom. The SMILES string of the molecule is Cc1ccc2oc(N[C@@H](c3ccc(Cl)cc3)c3ncc(Cl)cc3F)nc2c1. The van der Waals surface area contributed by atoms with Gasteiger partial charge in [0, 0.05) is 11.2 Å². The van der Waals surface area contributed by atoms with E-state index in [9.17, 15) is 4.39 Å². The van der Waals surface area contributed by atoms with Gasteiger partial charge in [0.15, 0.2) is 5.58 Å². The summed E-state index contributed by atoms with van der Waals surface area (Å²) in [7, 11) is 0. The van der Waals surface area contributed by atoms with Crippen molar-refractivity contribution >= 4 is 40.3 Å². The van der Waals surface area contributed by atoms with E-state index in [2.05, 4.69) is 15.3 Å². The van der Waals surface area contributed by atoms with Gasteiger partial charge >= 0.3 is 0 Å². The van der Waals surface area contributed by atoms with Gasteiger partial charge in [-0.1, -0.05) is 41.4 Å². The minimum absolute atomic E-state index is 0.181. The molecule has 4 nitrogen and oxygen atoms in total. The van der Waals surface area contributed by atoms with Crippen LogP contribution in [0.4, 0.5) is 10.4 Å². The number of aryl methyl sites for hydroxylation is 1. The monoisotopic (exact) mass is 401 g/mol. The fourth-order valence-corrected chi connectivity index (χ4v) is 3.10. The standard InChI is InChI=1S/C20H14Cl2FN3O/c1-11-2-7-17-16(8-11)25-20(27-17)26-18(12-3-5-13(21)6-4-12)19-15(23)9-14(22)10-24-19/h2-10,18H,1H3,(H,25,26)/t18-/m0/s1. The number of halogens is 3. The summed E-state index contributed by atoms with van der Waals surface area (Å²) in [5, 5.41) is 3.94. The van der Waals surface area contributed by atoms with Crippen LogP contribution >= 0.6 is 23.2 Å². The highest BCUT2D eigenvalue weighted by molar-refractivity contribution is 6.30. The third-order valence-electron chi connectivity index (χ3n) is 4.12. The van der Waals surface area contributed by atoms with E-state index in [1.165, 1.54) is 12.3 Å². The summed E-state index contributed by atoms with van der Waals surface area (Å²) in [6.45, 7) is 1.98. The van der Waals surface area contributed by atoms with Crippen LogP contribution in [0, 0.1) is 12.7 Å². The predicted octanol–water partition coefficient (Wildman–Crippen LogP) is 6.18. The van der Waals surface area contributed by atoms with Crippen LogP contribution in [0.3, 0.4) is 0 Å². The van der Waals surface area contributed by atoms with Crippen molar-refractivity contribution in [1.82, 2.24) is 9.97 Å². The molecule has 0 aliphatic heterocycles. The third kappa shape index (κ3) is 3.75. The summed E-state index contributed by atoms with van der Waals surface area (Å²) in [6.07, 6.45) is 1.40. The average Bonchev–Trinajstić information content (AvgIpc) is 3.02. The second-order valence-corrected chi connectivity index (χ2v) is 7.01. The van der Waals surface area contributed by atoms with Gasteiger partial charge in [-0.15, -0.1) is 0 Å². The van der Waals surface area contributed by atoms with Crippen molar-refractivity contribution in [1.29, 1.82) is 0 Å². The van der Waals surface area contributed by atoms with Gasteiger partial charge in [-0.05, 0) is 48.4 Å². The maximum Gasteiger partial charge on any atom is 0.296 e. The van der Waals surface area contributed by atoms with Crippen LogP contribution < -0.4 is 5.32 Å². The highest BCUT2D eigenvalue weighted by atomic mass is 35.5. The zero-order valence-corrected chi connectivity index (χ0v) is 15.7. The first kappa shape index (κ1) is 17.8. The number of anilines is 1. The fourth-order valence-electron chi connectivity index (χ4n) is 2.83. The number of fused-ring (bicyclic) bond motifs is 1. The Balaban J connectivity index is 1.77. The first-order valence-electron chi connectivity index (χ1n) is 8.20. The van der Waals surface area contributed by atoms with Crippen LogP contribution in [0.25, 0.3) is 11.1 Å². The molecule has 0 spiro atoms. The van der Waals surface area contributed by atoms with Gasteiger partial charge in [-0.25, -0.2) is 4.39 Å². The summed E-state index contributed by atoms with van der Waals surface area (Å²) in [5.41, 5.74) is 3.37. The third-order valence-corrected chi connectivity index (χ3v) is 4.58. The van der Waals surface area contributed by atoms with E-state index in [0.717, 1.165) is 16.6 Å². The first-order chi connectivity index (χ1) is 13.0. The normalized spacial score (nSPS) is 12.3. The Kier molecular flexibility index (Phi) is 4.72. The number of nitrogens with zero attached hydrogens (tertiary/aromatic N) is 2. The molecule has 1 N–H and O–H groups in total. The molecule has 1 atom stereocenters. The van der Waals surface area contributed by atoms with E-state index >= 15 is 0 Å². The molecular formula is C20H14Cl2FN3O. The molecule has 27 heavy (non-hydrogen) atoms. The van der Waals surface area contributed by atoms with E-state index in [0.29, 0.717) is 10.6 Å². The van der Waals surface area contributed by atoms with Gasteiger partial charge < -0.3 is 9.73 Å². The van der Waals surface area contributed by atoms with Crippen molar-refractivity contribution in [3.05, 3.63) is 87.4 Å². The second-order valence-electron chi connectivity index (χ2n) is 6.14. The molecule has 0 amide bonds. The molecule has 0 bridgehead atoms. The second kappa shape index (κ2) is 7.18. The Morgan fingerprint density at radius 3 is 2.56 bits per heavy atom. The van der Waals surface area contributed by atoms with Crippen molar-refractivity contribution in [2.75, 3.05) is 5.32 Å². The zero-order valence-electron chi connectivity index (χ0n) is 14.2. The number of aromatic nitrogens is 2. The fraction of sp³-hybridized carbons (Fsp3) is 0.100. The Morgan fingerprint density at radius 2 is 1.81 bits per heavy atom. The summed E-state index contributed by atoms with van der Waals surface area (Å²) in [6, 6.07) is 13.6. The molecule has 0 unspecified atom stereocenters. The molecule has 136 valence electrons. The zero-order chi connectivity index (χ0) is 19.0. The largest absolute Gasteiger partial charge is 0.424 e. The molecular weight excluding hydrogens is 388 g/mol. The highest BCUT2D eigenvalue weighted by Crippen LogP contribution is 2.30. The van der Waals surface area contributed by atoms with Gasteiger partial charge in [-0.2, -0.15) is 4.98 Å². The molecule has 2 heterocycles. The summed E-state index contributed by atoms with van der Waals surface area (Å²) in [5.74, 6) is -0.526. The molecule has 0 radical (unpaired) electrons. The van der Waals surface area contributed by atoms with Gasteiger partial charge in [0.2, 0.25) is 0 Å². The number of oxazole rings is 1. The number of benzene rings is 2. The van der Waals surface area contributed by atoms with E-state index in [1.54, 1.807) is 24.3 Å². The van der Waals surface area contributed by atoms with Crippen LogP contribution in [-0.2, 0) is 0 Å². The van der Waals surface area contributed by atoms with Crippen molar-refractivity contribution < 1.29 is 8.81 Å². The molecule has 7 heteroatoms. The Bertz CT molecular complexity index is 1110. The van der Waals surface area contributed by atoms with Gasteiger partial charge in [0.1, 0.15) is 23.1 Å². The van der Waals surface area contributed by atoms with Gasteiger partial charge in [0.25, 0.3) is 6.01 Å². The molecule has 2 aromatic heterocycles. The molecule has 0 fully saturated rings. The molecule has 2 aromatic carbocycles. The molecule has 4 rings (SSSR count). The maximum absolute atomic E-state index is 14.6. The van der Waals surface area contributed by atoms with Gasteiger partial charge in [0.05, 0.1) is 5.02 Å². The Hall–Kier alpha value is -2.63. The van der Waals surface area contributed by atoms with E-state index in [1.807, 2.05) is 25.1 Å². The molecule has 0 saturated heterocycles. The first-order valence-corrected chi connectivity index (χ1v) is 8.95. The number of rotatable bonds is 4. The maximum atomic E-state index is 14.6. The number of hydrogen-bond acceptors (Lipinski definition) is 4.